The highest BCUT2D eigenvalue weighted by Crippen LogP contribution is 2.30. The van der Waals surface area contributed by atoms with E-state index >= 15 is 0 Å². The largest absolute Gasteiger partial charge is 0.378 e. The first-order chi connectivity index (χ1) is 9.65. The Balaban J connectivity index is 2.07. The van der Waals surface area contributed by atoms with Gasteiger partial charge in [0.25, 0.3) is 0 Å². The average molecular weight is 296 g/mol. The van der Waals surface area contributed by atoms with Crippen molar-refractivity contribution in [2.24, 2.45) is 0 Å². The van der Waals surface area contributed by atoms with Gasteiger partial charge < -0.3 is 14.0 Å². The number of alkyl halides is 1. The Bertz CT molecular complexity index is 605. The Hall–Kier alpha value is -1.17. The molecule has 1 aliphatic rings. The van der Waals surface area contributed by atoms with E-state index in [1.807, 2.05) is 13.0 Å². The summed E-state index contributed by atoms with van der Waals surface area (Å²) in [6.45, 7) is 3.95. The summed E-state index contributed by atoms with van der Waals surface area (Å²) in [4.78, 5) is 8.71. The molecular weight excluding hydrogens is 278 g/mol. The molecule has 2 aromatic rings. The van der Waals surface area contributed by atoms with Gasteiger partial charge in [-0.25, -0.2) is 4.98 Å². The number of aromatic nitrogens is 3. The zero-order chi connectivity index (χ0) is 14.2. The lowest BCUT2D eigenvalue weighted by Crippen LogP contribution is -2.37. The third-order valence-corrected chi connectivity index (χ3v) is 4.08. The predicted molar refractivity (Wildman–Crippen MR) is 77.0 cm³/mol. The van der Waals surface area contributed by atoms with Crippen molar-refractivity contribution in [2.45, 2.75) is 30.9 Å². The zero-order valence-corrected chi connectivity index (χ0v) is 12.4. The third-order valence-electron chi connectivity index (χ3n) is 3.88. The second-order valence-electron chi connectivity index (χ2n) is 5.23. The fraction of sp³-hybridized carbons (Fsp3) is 0.571. The Morgan fingerprint density at radius 3 is 3.10 bits per heavy atom. The molecule has 1 fully saturated rings. The molecule has 6 heteroatoms. The first-order valence-electron chi connectivity index (χ1n) is 6.72. The van der Waals surface area contributed by atoms with E-state index in [4.69, 9.17) is 21.1 Å². The minimum Gasteiger partial charge on any atom is -0.378 e. The molecule has 0 saturated carbocycles. The number of pyridine rings is 1. The van der Waals surface area contributed by atoms with E-state index in [1.165, 1.54) is 0 Å². The van der Waals surface area contributed by atoms with Crippen LogP contribution in [-0.2, 0) is 16.0 Å². The highest BCUT2D eigenvalue weighted by molar-refractivity contribution is 6.20. The van der Waals surface area contributed by atoms with Gasteiger partial charge in [0.05, 0.1) is 30.2 Å². The van der Waals surface area contributed by atoms with E-state index in [9.17, 15) is 0 Å². The molecule has 0 N–H and O–H groups in total. The first-order valence-corrected chi connectivity index (χ1v) is 7.16. The van der Waals surface area contributed by atoms with Crippen LogP contribution in [0.1, 0.15) is 24.5 Å². The number of halogens is 1. The number of methoxy groups -OCH3 is 1. The number of imidazole rings is 1. The van der Waals surface area contributed by atoms with E-state index in [2.05, 4.69) is 14.5 Å². The molecule has 0 spiro atoms. The van der Waals surface area contributed by atoms with Crippen LogP contribution in [0.25, 0.3) is 11.0 Å². The highest BCUT2D eigenvalue weighted by atomic mass is 35.5. The number of rotatable bonds is 4. The molecule has 2 unspecified atom stereocenters. The van der Waals surface area contributed by atoms with Crippen molar-refractivity contribution in [3.8, 4) is 0 Å². The summed E-state index contributed by atoms with van der Waals surface area (Å²) in [5.41, 5.74) is 1.60. The summed E-state index contributed by atoms with van der Waals surface area (Å²) >= 11 is 6.28. The van der Waals surface area contributed by atoms with Crippen molar-refractivity contribution in [1.29, 1.82) is 0 Å². The quantitative estimate of drug-likeness (QED) is 0.813. The van der Waals surface area contributed by atoms with Crippen LogP contribution in [0.2, 0.25) is 0 Å². The Morgan fingerprint density at radius 1 is 1.60 bits per heavy atom. The summed E-state index contributed by atoms with van der Waals surface area (Å²) in [7, 11) is 1.74. The molecule has 20 heavy (non-hydrogen) atoms. The molecule has 1 saturated heterocycles. The molecule has 0 aromatic carbocycles. The SMILES string of the molecule is COC1(Cn2c(C(C)Cl)nc3cnccc32)CCOC1. The maximum atomic E-state index is 6.28. The Labute approximate surface area is 122 Å². The first kappa shape index (κ1) is 13.8. The van der Waals surface area contributed by atoms with Gasteiger partial charge in [-0.05, 0) is 13.0 Å². The van der Waals surface area contributed by atoms with Crippen molar-refractivity contribution in [3.63, 3.8) is 0 Å². The van der Waals surface area contributed by atoms with Gasteiger partial charge in [0.15, 0.2) is 0 Å². The second kappa shape index (κ2) is 5.31. The summed E-state index contributed by atoms with van der Waals surface area (Å²) < 4.78 is 13.4. The number of ether oxygens (including phenoxy) is 2. The second-order valence-corrected chi connectivity index (χ2v) is 5.88. The van der Waals surface area contributed by atoms with Crippen molar-refractivity contribution in [1.82, 2.24) is 14.5 Å². The molecule has 2 aromatic heterocycles. The third kappa shape index (κ3) is 2.30. The van der Waals surface area contributed by atoms with Gasteiger partial charge in [-0.15, -0.1) is 11.6 Å². The summed E-state index contributed by atoms with van der Waals surface area (Å²) in [6.07, 6.45) is 4.41. The van der Waals surface area contributed by atoms with Crippen molar-refractivity contribution < 1.29 is 9.47 Å². The molecule has 1 aliphatic heterocycles. The lowest BCUT2D eigenvalue weighted by molar-refractivity contribution is -0.0292. The van der Waals surface area contributed by atoms with Crippen LogP contribution >= 0.6 is 11.6 Å². The zero-order valence-electron chi connectivity index (χ0n) is 11.7. The van der Waals surface area contributed by atoms with Gasteiger partial charge in [0, 0.05) is 26.3 Å². The molecule has 0 aliphatic carbocycles. The molecule has 0 radical (unpaired) electrons. The normalized spacial score (nSPS) is 24.4. The molecule has 0 bridgehead atoms. The van der Waals surface area contributed by atoms with Crippen LogP contribution in [0, 0.1) is 0 Å². The van der Waals surface area contributed by atoms with E-state index in [0.717, 1.165) is 29.9 Å². The smallest absolute Gasteiger partial charge is 0.127 e. The molecular formula is C14H18ClN3O2. The summed E-state index contributed by atoms with van der Waals surface area (Å²) in [5.74, 6) is 0.845. The molecule has 108 valence electrons. The Kier molecular flexibility index (Phi) is 3.67. The molecule has 3 rings (SSSR count). The monoisotopic (exact) mass is 295 g/mol. The maximum Gasteiger partial charge on any atom is 0.127 e. The standard InChI is InChI=1S/C14H18ClN3O2/c1-10(15)13-17-11-7-16-5-3-12(11)18(13)8-14(19-2)4-6-20-9-14/h3,5,7,10H,4,6,8-9H2,1-2H3. The van der Waals surface area contributed by atoms with E-state index < -0.39 is 0 Å². The van der Waals surface area contributed by atoms with Crippen molar-refractivity contribution >= 4 is 22.6 Å². The van der Waals surface area contributed by atoms with Gasteiger partial charge >= 0.3 is 0 Å². The van der Waals surface area contributed by atoms with Crippen LogP contribution in [0.15, 0.2) is 18.5 Å². The van der Waals surface area contributed by atoms with E-state index in [0.29, 0.717) is 13.2 Å². The fourth-order valence-electron chi connectivity index (χ4n) is 2.70. The minimum atomic E-state index is -0.294. The van der Waals surface area contributed by atoms with Crippen molar-refractivity contribution in [2.75, 3.05) is 20.3 Å². The van der Waals surface area contributed by atoms with E-state index in [-0.39, 0.29) is 11.0 Å². The summed E-state index contributed by atoms with van der Waals surface area (Å²) in [5, 5.41) is -0.168. The number of hydrogen-bond acceptors (Lipinski definition) is 4. The number of hydrogen-bond donors (Lipinski definition) is 0. The van der Waals surface area contributed by atoms with Crippen molar-refractivity contribution in [3.05, 3.63) is 24.3 Å². The van der Waals surface area contributed by atoms with Gasteiger partial charge in [-0.3, -0.25) is 4.98 Å². The Morgan fingerprint density at radius 2 is 2.45 bits per heavy atom. The summed E-state index contributed by atoms with van der Waals surface area (Å²) in [6, 6.07) is 1.96. The van der Waals surface area contributed by atoms with Crippen LogP contribution in [0.5, 0.6) is 0 Å². The molecule has 3 heterocycles. The van der Waals surface area contributed by atoms with Crippen LogP contribution < -0.4 is 0 Å². The van der Waals surface area contributed by atoms with Gasteiger partial charge in [-0.2, -0.15) is 0 Å². The van der Waals surface area contributed by atoms with Gasteiger partial charge in [0.1, 0.15) is 16.9 Å². The van der Waals surface area contributed by atoms with Crippen LogP contribution in [0.3, 0.4) is 0 Å². The molecule has 0 amide bonds. The molecule has 2 atom stereocenters. The highest BCUT2D eigenvalue weighted by Gasteiger charge is 2.36. The average Bonchev–Trinajstić information content (AvgIpc) is 3.05. The minimum absolute atomic E-state index is 0.168. The van der Waals surface area contributed by atoms with Gasteiger partial charge in [-0.1, -0.05) is 0 Å². The number of fused-ring (bicyclic) bond motifs is 1. The fourth-order valence-corrected chi connectivity index (χ4v) is 2.86. The van der Waals surface area contributed by atoms with Crippen LogP contribution in [-0.4, -0.2) is 40.5 Å². The van der Waals surface area contributed by atoms with Gasteiger partial charge in [0.2, 0.25) is 0 Å². The predicted octanol–water partition coefficient (Wildman–Crippen LogP) is 2.54. The topological polar surface area (TPSA) is 49.2 Å². The molecule has 5 nitrogen and oxygen atoms in total. The maximum absolute atomic E-state index is 6.28. The lowest BCUT2D eigenvalue weighted by Gasteiger charge is -2.27. The van der Waals surface area contributed by atoms with E-state index in [1.54, 1.807) is 19.5 Å². The van der Waals surface area contributed by atoms with Crippen LogP contribution in [0.4, 0.5) is 0 Å². The lowest BCUT2D eigenvalue weighted by atomic mass is 10.0. The number of nitrogens with zero attached hydrogens (tertiary/aromatic N) is 3.